The molecule has 0 bridgehead atoms. The second-order valence-electron chi connectivity index (χ2n) is 5.18. The van der Waals surface area contributed by atoms with Gasteiger partial charge in [-0.2, -0.15) is 4.31 Å². The number of nitrogens with zero attached hydrogens (tertiary/aromatic N) is 1. The molecule has 114 valence electrons. The van der Waals surface area contributed by atoms with E-state index in [2.05, 4.69) is 19.2 Å². The molecule has 0 spiro atoms. The molecule has 4 nitrogen and oxygen atoms in total. The number of nitrogens with one attached hydrogen (secondary N) is 1. The summed E-state index contributed by atoms with van der Waals surface area (Å²) >= 11 is 0. The van der Waals surface area contributed by atoms with Crippen molar-refractivity contribution in [3.8, 4) is 0 Å². The lowest BCUT2D eigenvalue weighted by molar-refractivity contribution is 0.427. The summed E-state index contributed by atoms with van der Waals surface area (Å²) in [6.45, 7) is 9.75. The largest absolute Gasteiger partial charge is 0.310 e. The van der Waals surface area contributed by atoms with Gasteiger partial charge in [0, 0.05) is 25.7 Å². The van der Waals surface area contributed by atoms with Crippen LogP contribution in [-0.2, 0) is 16.6 Å². The maximum Gasteiger partial charge on any atom is 0.243 e. The van der Waals surface area contributed by atoms with E-state index in [0.29, 0.717) is 30.6 Å². The summed E-state index contributed by atoms with van der Waals surface area (Å²) in [5.74, 6) is 0. The van der Waals surface area contributed by atoms with Crippen LogP contribution >= 0.6 is 0 Å². The Morgan fingerprint density at radius 3 is 2.50 bits per heavy atom. The number of rotatable bonds is 8. The van der Waals surface area contributed by atoms with Crippen molar-refractivity contribution in [2.45, 2.75) is 51.6 Å². The molecule has 0 saturated heterocycles. The minimum Gasteiger partial charge on any atom is -0.310 e. The second kappa shape index (κ2) is 7.76. The molecule has 5 heteroatoms. The molecule has 0 aliphatic heterocycles. The fourth-order valence-corrected chi connectivity index (χ4v) is 3.60. The first-order chi connectivity index (χ1) is 9.41. The Hall–Kier alpha value is -0.910. The number of hydrogen-bond acceptors (Lipinski definition) is 3. The monoisotopic (exact) mass is 298 g/mol. The predicted molar refractivity (Wildman–Crippen MR) is 83.1 cm³/mol. The van der Waals surface area contributed by atoms with Gasteiger partial charge in [-0.05, 0) is 24.1 Å². The molecule has 0 aromatic heterocycles. The van der Waals surface area contributed by atoms with Gasteiger partial charge in [0.1, 0.15) is 0 Å². The zero-order valence-electron chi connectivity index (χ0n) is 12.9. The fraction of sp³-hybridized carbons (Fsp3) is 0.600. The van der Waals surface area contributed by atoms with Crippen LogP contribution in [0, 0.1) is 0 Å². The minimum atomic E-state index is -3.37. The van der Waals surface area contributed by atoms with E-state index in [1.54, 1.807) is 12.1 Å². The van der Waals surface area contributed by atoms with Gasteiger partial charge in [0.25, 0.3) is 0 Å². The quantitative estimate of drug-likeness (QED) is 0.802. The van der Waals surface area contributed by atoms with Crippen LogP contribution in [0.25, 0.3) is 0 Å². The highest BCUT2D eigenvalue weighted by Crippen LogP contribution is 2.17. The van der Waals surface area contributed by atoms with Crippen molar-refractivity contribution in [1.82, 2.24) is 9.62 Å². The Balaban J connectivity index is 2.97. The lowest BCUT2D eigenvalue weighted by Crippen LogP contribution is -2.31. The Bertz CT molecular complexity index is 512. The van der Waals surface area contributed by atoms with Crippen molar-refractivity contribution >= 4 is 10.0 Å². The van der Waals surface area contributed by atoms with E-state index in [1.165, 1.54) is 4.31 Å². The van der Waals surface area contributed by atoms with Crippen LogP contribution in [0.1, 0.15) is 39.7 Å². The normalized spacial score (nSPS) is 12.3. The molecule has 1 N–H and O–H groups in total. The van der Waals surface area contributed by atoms with Crippen LogP contribution in [0.3, 0.4) is 0 Å². The van der Waals surface area contributed by atoms with Gasteiger partial charge >= 0.3 is 0 Å². The summed E-state index contributed by atoms with van der Waals surface area (Å²) in [6.07, 6.45) is 0.821. The highest BCUT2D eigenvalue weighted by molar-refractivity contribution is 7.89. The lowest BCUT2D eigenvalue weighted by atomic mass is 10.2. The van der Waals surface area contributed by atoms with Crippen molar-refractivity contribution in [2.24, 2.45) is 0 Å². The SMILES string of the molecule is CCCN(CC)S(=O)(=O)c1cccc(CNC(C)C)c1. The Labute approximate surface area is 123 Å². The maximum atomic E-state index is 12.5. The van der Waals surface area contributed by atoms with Crippen molar-refractivity contribution in [2.75, 3.05) is 13.1 Å². The van der Waals surface area contributed by atoms with E-state index in [4.69, 9.17) is 0 Å². The first kappa shape index (κ1) is 17.1. The molecule has 1 aromatic carbocycles. The van der Waals surface area contributed by atoms with Crippen molar-refractivity contribution in [3.05, 3.63) is 29.8 Å². The van der Waals surface area contributed by atoms with Crippen LogP contribution in [0.2, 0.25) is 0 Å². The third-order valence-electron chi connectivity index (χ3n) is 3.08. The second-order valence-corrected chi connectivity index (χ2v) is 7.12. The number of benzene rings is 1. The average molecular weight is 298 g/mol. The van der Waals surface area contributed by atoms with Crippen molar-refractivity contribution in [3.63, 3.8) is 0 Å². The summed E-state index contributed by atoms with van der Waals surface area (Å²) in [6, 6.07) is 7.58. The van der Waals surface area contributed by atoms with E-state index in [1.807, 2.05) is 26.0 Å². The van der Waals surface area contributed by atoms with E-state index in [9.17, 15) is 8.42 Å². The standard InChI is InChI=1S/C15H26N2O2S/c1-5-10-17(6-2)20(18,19)15-9-7-8-14(11-15)12-16-13(3)4/h7-9,11,13,16H,5-6,10,12H2,1-4H3. The lowest BCUT2D eigenvalue weighted by Gasteiger charge is -2.20. The summed E-state index contributed by atoms with van der Waals surface area (Å²) < 4.78 is 26.6. The summed E-state index contributed by atoms with van der Waals surface area (Å²) in [5, 5.41) is 3.30. The molecule has 20 heavy (non-hydrogen) atoms. The number of hydrogen-bond donors (Lipinski definition) is 1. The van der Waals surface area contributed by atoms with Crippen LogP contribution in [0.15, 0.2) is 29.2 Å². The first-order valence-electron chi connectivity index (χ1n) is 7.24. The third-order valence-corrected chi connectivity index (χ3v) is 5.05. The van der Waals surface area contributed by atoms with Gasteiger partial charge in [-0.1, -0.05) is 39.8 Å². The van der Waals surface area contributed by atoms with Gasteiger partial charge in [-0.15, -0.1) is 0 Å². The predicted octanol–water partition coefficient (Wildman–Crippen LogP) is 2.61. The van der Waals surface area contributed by atoms with Crippen LogP contribution in [0.5, 0.6) is 0 Å². The Morgan fingerprint density at radius 2 is 1.95 bits per heavy atom. The molecular weight excluding hydrogens is 272 g/mol. The minimum absolute atomic E-state index is 0.377. The highest BCUT2D eigenvalue weighted by Gasteiger charge is 2.22. The van der Waals surface area contributed by atoms with Gasteiger partial charge in [0.15, 0.2) is 0 Å². The zero-order valence-corrected chi connectivity index (χ0v) is 13.7. The molecule has 0 radical (unpaired) electrons. The third kappa shape index (κ3) is 4.58. The van der Waals surface area contributed by atoms with Gasteiger partial charge in [0.2, 0.25) is 10.0 Å². The van der Waals surface area contributed by atoms with E-state index >= 15 is 0 Å². The molecular formula is C15H26N2O2S. The van der Waals surface area contributed by atoms with Crippen LogP contribution in [-0.4, -0.2) is 31.9 Å². The molecule has 0 amide bonds. The van der Waals surface area contributed by atoms with E-state index in [0.717, 1.165) is 12.0 Å². The molecule has 0 unspecified atom stereocenters. The molecule has 0 aliphatic carbocycles. The molecule has 0 fully saturated rings. The van der Waals surface area contributed by atoms with Crippen molar-refractivity contribution in [1.29, 1.82) is 0 Å². The first-order valence-corrected chi connectivity index (χ1v) is 8.68. The fourth-order valence-electron chi connectivity index (χ4n) is 1.98. The highest BCUT2D eigenvalue weighted by atomic mass is 32.2. The summed E-state index contributed by atoms with van der Waals surface area (Å²) in [5.41, 5.74) is 0.993. The smallest absolute Gasteiger partial charge is 0.243 e. The summed E-state index contributed by atoms with van der Waals surface area (Å²) in [4.78, 5) is 0.385. The topological polar surface area (TPSA) is 49.4 Å². The van der Waals surface area contributed by atoms with Crippen molar-refractivity contribution < 1.29 is 8.42 Å². The van der Waals surface area contributed by atoms with Gasteiger partial charge in [0.05, 0.1) is 4.90 Å². The van der Waals surface area contributed by atoms with Gasteiger partial charge in [-0.25, -0.2) is 8.42 Å². The molecule has 0 aliphatic rings. The average Bonchev–Trinajstić information content (AvgIpc) is 2.42. The van der Waals surface area contributed by atoms with Crippen LogP contribution < -0.4 is 5.32 Å². The number of sulfonamides is 1. The molecule has 0 saturated carbocycles. The molecule has 0 heterocycles. The molecule has 1 rings (SSSR count). The van der Waals surface area contributed by atoms with E-state index in [-0.39, 0.29) is 0 Å². The van der Waals surface area contributed by atoms with E-state index < -0.39 is 10.0 Å². The molecule has 0 atom stereocenters. The van der Waals surface area contributed by atoms with Crippen LogP contribution in [0.4, 0.5) is 0 Å². The zero-order chi connectivity index (χ0) is 15.2. The van der Waals surface area contributed by atoms with Gasteiger partial charge < -0.3 is 5.32 Å². The Morgan fingerprint density at radius 1 is 1.25 bits per heavy atom. The Kier molecular flexibility index (Phi) is 6.65. The summed E-state index contributed by atoms with van der Waals surface area (Å²) in [7, 11) is -3.37. The maximum absolute atomic E-state index is 12.5. The molecule has 1 aromatic rings. The van der Waals surface area contributed by atoms with Gasteiger partial charge in [-0.3, -0.25) is 0 Å².